The molecule has 2 amide bonds. The summed E-state index contributed by atoms with van der Waals surface area (Å²) in [5.74, 6) is 0.0339. The van der Waals surface area contributed by atoms with Crippen molar-refractivity contribution in [2.24, 2.45) is 0 Å². The molecule has 6 nitrogen and oxygen atoms in total. The molecule has 6 heteroatoms. The van der Waals surface area contributed by atoms with Crippen molar-refractivity contribution in [3.8, 4) is 5.75 Å². The van der Waals surface area contributed by atoms with E-state index in [1.165, 1.54) is 0 Å². The Balaban J connectivity index is 2.39. The lowest BCUT2D eigenvalue weighted by Gasteiger charge is -2.09. The van der Waals surface area contributed by atoms with Crippen LogP contribution in [-0.2, 0) is 9.53 Å². The van der Waals surface area contributed by atoms with E-state index < -0.39 is 0 Å². The molecular weight excluding hydrogens is 296 g/mol. The first-order valence-corrected chi connectivity index (χ1v) is 8.07. The number of hydrazine groups is 1. The molecule has 0 atom stereocenters. The minimum atomic E-state index is -0.371. The van der Waals surface area contributed by atoms with Crippen LogP contribution < -0.4 is 15.6 Å². The summed E-state index contributed by atoms with van der Waals surface area (Å²) in [5.41, 5.74) is 5.25. The van der Waals surface area contributed by atoms with Gasteiger partial charge in [0.05, 0.1) is 6.61 Å². The van der Waals surface area contributed by atoms with E-state index in [1.807, 2.05) is 6.92 Å². The lowest BCUT2D eigenvalue weighted by molar-refractivity contribution is -0.121. The zero-order chi connectivity index (χ0) is 16.9. The third kappa shape index (κ3) is 8.21. The number of ether oxygens (including phenoxy) is 2. The highest BCUT2D eigenvalue weighted by atomic mass is 16.5. The Bertz CT molecular complexity index is 491. The SMILES string of the molecule is CCCCCC(=O)NNC(=O)c1cccc(OCCOCC)c1. The Morgan fingerprint density at radius 3 is 2.65 bits per heavy atom. The number of nitrogens with one attached hydrogen (secondary N) is 2. The fraction of sp³-hybridized carbons (Fsp3) is 0.529. The Kier molecular flexibility index (Phi) is 9.47. The molecule has 0 aliphatic heterocycles. The van der Waals surface area contributed by atoms with Crippen molar-refractivity contribution in [3.63, 3.8) is 0 Å². The fourth-order valence-corrected chi connectivity index (χ4v) is 1.89. The second-order valence-corrected chi connectivity index (χ2v) is 5.03. The van der Waals surface area contributed by atoms with Gasteiger partial charge in [0.1, 0.15) is 12.4 Å². The average molecular weight is 322 g/mol. The molecule has 0 spiro atoms. The molecule has 0 radical (unpaired) electrons. The van der Waals surface area contributed by atoms with E-state index in [-0.39, 0.29) is 11.8 Å². The molecule has 23 heavy (non-hydrogen) atoms. The molecule has 0 fully saturated rings. The van der Waals surface area contributed by atoms with Gasteiger partial charge in [0.15, 0.2) is 0 Å². The van der Waals surface area contributed by atoms with Crippen molar-refractivity contribution >= 4 is 11.8 Å². The summed E-state index contributed by atoms with van der Waals surface area (Å²) in [5, 5.41) is 0. The molecule has 0 aromatic heterocycles. The fourth-order valence-electron chi connectivity index (χ4n) is 1.89. The number of unbranched alkanes of at least 4 members (excludes halogenated alkanes) is 2. The Morgan fingerprint density at radius 2 is 1.91 bits per heavy atom. The maximum atomic E-state index is 12.0. The van der Waals surface area contributed by atoms with Gasteiger partial charge in [0, 0.05) is 18.6 Å². The molecule has 1 rings (SSSR count). The van der Waals surface area contributed by atoms with Crippen molar-refractivity contribution in [3.05, 3.63) is 29.8 Å². The van der Waals surface area contributed by atoms with Gasteiger partial charge < -0.3 is 9.47 Å². The zero-order valence-electron chi connectivity index (χ0n) is 13.9. The Morgan fingerprint density at radius 1 is 1.09 bits per heavy atom. The summed E-state index contributed by atoms with van der Waals surface area (Å²) in [4.78, 5) is 23.6. The lowest BCUT2D eigenvalue weighted by atomic mass is 10.2. The van der Waals surface area contributed by atoms with Crippen molar-refractivity contribution in [1.82, 2.24) is 10.9 Å². The number of amides is 2. The first-order chi connectivity index (χ1) is 11.2. The van der Waals surface area contributed by atoms with Gasteiger partial charge in [-0.3, -0.25) is 20.4 Å². The molecule has 1 aromatic carbocycles. The van der Waals surface area contributed by atoms with Crippen LogP contribution in [0.25, 0.3) is 0 Å². The van der Waals surface area contributed by atoms with Gasteiger partial charge in [-0.2, -0.15) is 0 Å². The van der Waals surface area contributed by atoms with Gasteiger partial charge in [-0.1, -0.05) is 25.8 Å². The van der Waals surface area contributed by atoms with Crippen molar-refractivity contribution < 1.29 is 19.1 Å². The van der Waals surface area contributed by atoms with Gasteiger partial charge in [0.2, 0.25) is 5.91 Å². The van der Waals surface area contributed by atoms with Crippen LogP contribution in [0.5, 0.6) is 5.75 Å². The monoisotopic (exact) mass is 322 g/mol. The lowest BCUT2D eigenvalue weighted by Crippen LogP contribution is -2.41. The third-order valence-electron chi connectivity index (χ3n) is 3.12. The number of rotatable bonds is 10. The number of hydrogen-bond donors (Lipinski definition) is 2. The molecule has 1 aromatic rings. The molecular formula is C17H26N2O4. The zero-order valence-corrected chi connectivity index (χ0v) is 13.9. The quantitative estimate of drug-likeness (QED) is 0.512. The maximum absolute atomic E-state index is 12.0. The van der Waals surface area contributed by atoms with Gasteiger partial charge in [0.25, 0.3) is 5.91 Å². The average Bonchev–Trinajstić information content (AvgIpc) is 2.57. The minimum absolute atomic E-state index is 0.184. The largest absolute Gasteiger partial charge is 0.491 e. The second kappa shape index (κ2) is 11.5. The van der Waals surface area contributed by atoms with Crippen LogP contribution in [0.2, 0.25) is 0 Å². The summed E-state index contributed by atoms with van der Waals surface area (Å²) < 4.78 is 10.7. The molecule has 0 unspecified atom stereocenters. The van der Waals surface area contributed by atoms with Crippen molar-refractivity contribution in [2.45, 2.75) is 39.5 Å². The molecule has 0 aliphatic carbocycles. The van der Waals surface area contributed by atoms with Crippen LogP contribution in [0.15, 0.2) is 24.3 Å². The van der Waals surface area contributed by atoms with E-state index in [9.17, 15) is 9.59 Å². The van der Waals surface area contributed by atoms with Gasteiger partial charge >= 0.3 is 0 Å². The highest BCUT2D eigenvalue weighted by Gasteiger charge is 2.08. The third-order valence-corrected chi connectivity index (χ3v) is 3.12. The van der Waals surface area contributed by atoms with E-state index in [1.54, 1.807) is 24.3 Å². The van der Waals surface area contributed by atoms with Crippen LogP contribution >= 0.6 is 0 Å². The van der Waals surface area contributed by atoms with Gasteiger partial charge in [-0.15, -0.1) is 0 Å². The number of carbonyl (C=O) groups is 2. The first kappa shape index (κ1) is 19.0. The number of carbonyl (C=O) groups excluding carboxylic acids is 2. The number of hydrogen-bond acceptors (Lipinski definition) is 4. The predicted molar refractivity (Wildman–Crippen MR) is 88.2 cm³/mol. The molecule has 0 saturated carbocycles. The normalized spacial score (nSPS) is 10.2. The van der Waals surface area contributed by atoms with Crippen LogP contribution in [0, 0.1) is 0 Å². The minimum Gasteiger partial charge on any atom is -0.491 e. The van der Waals surface area contributed by atoms with Crippen LogP contribution in [0.1, 0.15) is 49.9 Å². The molecule has 0 heterocycles. The number of benzene rings is 1. The van der Waals surface area contributed by atoms with E-state index in [0.717, 1.165) is 19.3 Å². The first-order valence-electron chi connectivity index (χ1n) is 8.07. The topological polar surface area (TPSA) is 76.7 Å². The molecule has 0 bridgehead atoms. The summed E-state index contributed by atoms with van der Waals surface area (Å²) in [7, 11) is 0. The van der Waals surface area contributed by atoms with Crippen LogP contribution in [0.4, 0.5) is 0 Å². The van der Waals surface area contributed by atoms with E-state index >= 15 is 0 Å². The standard InChI is InChI=1S/C17H26N2O4/c1-3-5-6-10-16(20)18-19-17(21)14-8-7-9-15(13-14)23-12-11-22-4-2/h7-9,13H,3-6,10-12H2,1-2H3,(H,18,20)(H,19,21). The Hall–Kier alpha value is -2.08. The smallest absolute Gasteiger partial charge is 0.269 e. The van der Waals surface area contributed by atoms with E-state index in [0.29, 0.717) is 37.6 Å². The van der Waals surface area contributed by atoms with Gasteiger partial charge in [-0.25, -0.2) is 0 Å². The maximum Gasteiger partial charge on any atom is 0.269 e. The highest BCUT2D eigenvalue weighted by molar-refractivity contribution is 5.95. The van der Waals surface area contributed by atoms with E-state index in [4.69, 9.17) is 9.47 Å². The van der Waals surface area contributed by atoms with Crippen molar-refractivity contribution in [1.29, 1.82) is 0 Å². The molecule has 128 valence electrons. The molecule has 0 aliphatic rings. The van der Waals surface area contributed by atoms with Crippen molar-refractivity contribution in [2.75, 3.05) is 19.8 Å². The molecule has 0 saturated heterocycles. The summed E-state index contributed by atoms with van der Waals surface area (Å²) in [6.45, 7) is 5.56. The second-order valence-electron chi connectivity index (χ2n) is 5.03. The Labute approximate surface area is 137 Å². The highest BCUT2D eigenvalue weighted by Crippen LogP contribution is 2.13. The summed E-state index contributed by atoms with van der Waals surface area (Å²) >= 11 is 0. The molecule has 2 N–H and O–H groups in total. The van der Waals surface area contributed by atoms with E-state index in [2.05, 4.69) is 17.8 Å². The van der Waals surface area contributed by atoms with Crippen LogP contribution in [0.3, 0.4) is 0 Å². The summed E-state index contributed by atoms with van der Waals surface area (Å²) in [6.07, 6.45) is 3.29. The predicted octanol–water partition coefficient (Wildman–Crippen LogP) is 2.44. The van der Waals surface area contributed by atoms with Gasteiger partial charge in [-0.05, 0) is 31.5 Å². The summed E-state index contributed by atoms with van der Waals surface area (Å²) in [6, 6.07) is 6.79. The van der Waals surface area contributed by atoms with Crippen LogP contribution in [-0.4, -0.2) is 31.6 Å².